The number of amides is 3. The molecule has 0 unspecified atom stereocenters. The van der Waals surface area contributed by atoms with Crippen LogP contribution in [0.1, 0.15) is 21.5 Å². The van der Waals surface area contributed by atoms with E-state index in [4.69, 9.17) is 0 Å². The SMILES string of the molecule is CNC(=O)c1cc(Nc2nccc(N(C)c3ccc(NC(=O)Nc4cc(C(F)(F)F)ccc4F)cc3)n2)ccc1C. The average Bonchev–Trinajstić information content (AvgIpc) is 2.94. The fraction of sp³-hybridized carbons (Fsp3) is 0.143. The lowest BCUT2D eigenvalue weighted by molar-refractivity contribution is -0.137. The van der Waals surface area contributed by atoms with Gasteiger partial charge < -0.3 is 26.2 Å². The van der Waals surface area contributed by atoms with E-state index in [1.54, 1.807) is 61.6 Å². The number of nitrogens with zero attached hydrogens (tertiary/aromatic N) is 3. The third-order valence-corrected chi connectivity index (χ3v) is 6.00. The van der Waals surface area contributed by atoms with Crippen molar-refractivity contribution in [1.29, 1.82) is 0 Å². The lowest BCUT2D eigenvalue weighted by atomic mass is 10.1. The Kier molecular flexibility index (Phi) is 8.36. The van der Waals surface area contributed by atoms with Crippen molar-refractivity contribution in [2.24, 2.45) is 0 Å². The molecule has 9 nitrogen and oxygen atoms in total. The molecule has 1 heterocycles. The van der Waals surface area contributed by atoms with Gasteiger partial charge in [0.1, 0.15) is 11.6 Å². The van der Waals surface area contributed by atoms with Gasteiger partial charge in [0, 0.05) is 42.9 Å². The highest BCUT2D eigenvalue weighted by atomic mass is 19.4. The Bertz CT molecular complexity index is 1580. The van der Waals surface area contributed by atoms with Crippen molar-refractivity contribution in [2.75, 3.05) is 34.9 Å². The van der Waals surface area contributed by atoms with E-state index in [1.165, 1.54) is 0 Å². The largest absolute Gasteiger partial charge is 0.416 e. The molecule has 0 saturated heterocycles. The number of hydrogen-bond acceptors (Lipinski definition) is 6. The number of nitrogens with one attached hydrogen (secondary N) is 4. The van der Waals surface area contributed by atoms with Gasteiger partial charge in [-0.05, 0) is 73.2 Å². The van der Waals surface area contributed by atoms with Gasteiger partial charge in [-0.3, -0.25) is 4.79 Å². The van der Waals surface area contributed by atoms with Crippen LogP contribution in [0.4, 0.5) is 56.9 Å². The van der Waals surface area contributed by atoms with Crippen LogP contribution in [0.3, 0.4) is 0 Å². The third kappa shape index (κ3) is 7.06. The van der Waals surface area contributed by atoms with E-state index in [9.17, 15) is 27.2 Å². The van der Waals surface area contributed by atoms with Gasteiger partial charge in [-0.25, -0.2) is 14.2 Å². The first-order valence-corrected chi connectivity index (χ1v) is 12.2. The summed E-state index contributed by atoms with van der Waals surface area (Å²) in [6.45, 7) is 1.84. The molecule has 4 rings (SSSR count). The summed E-state index contributed by atoms with van der Waals surface area (Å²) in [5, 5.41) is 10.2. The molecule has 0 radical (unpaired) electrons. The van der Waals surface area contributed by atoms with Crippen LogP contribution in [0.15, 0.2) is 72.9 Å². The maximum absolute atomic E-state index is 13.9. The Labute approximate surface area is 232 Å². The third-order valence-electron chi connectivity index (χ3n) is 6.00. The summed E-state index contributed by atoms with van der Waals surface area (Å²) in [5.41, 5.74) is 1.31. The van der Waals surface area contributed by atoms with Crippen LogP contribution >= 0.6 is 0 Å². The molecule has 0 aliphatic rings. The number of carbonyl (C=O) groups excluding carboxylic acids is 2. The Balaban J connectivity index is 1.42. The van der Waals surface area contributed by atoms with Crippen molar-refractivity contribution >= 4 is 46.5 Å². The number of urea groups is 1. The summed E-state index contributed by atoms with van der Waals surface area (Å²) in [7, 11) is 3.33. The second kappa shape index (κ2) is 11.9. The van der Waals surface area contributed by atoms with E-state index in [0.29, 0.717) is 52.6 Å². The molecule has 0 bridgehead atoms. The van der Waals surface area contributed by atoms with Gasteiger partial charge in [-0.15, -0.1) is 0 Å². The summed E-state index contributed by atoms with van der Waals surface area (Å²) in [6.07, 6.45) is -3.11. The molecule has 4 N–H and O–H groups in total. The van der Waals surface area contributed by atoms with Crippen LogP contribution in [-0.2, 0) is 6.18 Å². The number of aryl methyl sites for hydroxylation is 1. The molecule has 0 saturated carbocycles. The Hall–Kier alpha value is -5.20. The number of aromatic nitrogens is 2. The quantitative estimate of drug-likeness (QED) is 0.191. The number of carbonyl (C=O) groups is 2. The topological polar surface area (TPSA) is 111 Å². The highest BCUT2D eigenvalue weighted by molar-refractivity contribution is 6.00. The van der Waals surface area contributed by atoms with Crippen molar-refractivity contribution in [2.45, 2.75) is 13.1 Å². The molecule has 4 aromatic rings. The predicted molar refractivity (Wildman–Crippen MR) is 148 cm³/mol. The zero-order chi connectivity index (χ0) is 29.7. The summed E-state index contributed by atoms with van der Waals surface area (Å²) in [6, 6.07) is 14.4. The first-order chi connectivity index (χ1) is 19.4. The minimum absolute atomic E-state index is 0.209. The lowest BCUT2D eigenvalue weighted by Crippen LogP contribution is -2.20. The first kappa shape index (κ1) is 28.8. The van der Waals surface area contributed by atoms with Crippen molar-refractivity contribution in [3.8, 4) is 0 Å². The minimum Gasteiger partial charge on any atom is -0.355 e. The molecule has 3 amide bonds. The Morgan fingerprint density at radius 1 is 0.902 bits per heavy atom. The summed E-state index contributed by atoms with van der Waals surface area (Å²) in [5.74, 6) is -0.366. The van der Waals surface area contributed by atoms with E-state index in [0.717, 1.165) is 5.56 Å². The second-order valence-corrected chi connectivity index (χ2v) is 8.85. The number of alkyl halides is 3. The fourth-order valence-electron chi connectivity index (χ4n) is 3.79. The molecule has 212 valence electrons. The molecule has 0 spiro atoms. The molecule has 13 heteroatoms. The van der Waals surface area contributed by atoms with Crippen molar-refractivity contribution in [1.82, 2.24) is 15.3 Å². The Morgan fingerprint density at radius 3 is 2.29 bits per heavy atom. The van der Waals surface area contributed by atoms with Gasteiger partial charge in [0.25, 0.3) is 5.91 Å². The average molecular weight is 568 g/mol. The Morgan fingerprint density at radius 2 is 1.61 bits per heavy atom. The molecule has 0 fully saturated rings. The van der Waals surface area contributed by atoms with Gasteiger partial charge in [-0.1, -0.05) is 6.07 Å². The lowest BCUT2D eigenvalue weighted by Gasteiger charge is -2.19. The summed E-state index contributed by atoms with van der Waals surface area (Å²) in [4.78, 5) is 34.9. The van der Waals surface area contributed by atoms with Crippen molar-refractivity contribution in [3.63, 3.8) is 0 Å². The van der Waals surface area contributed by atoms with Crippen molar-refractivity contribution in [3.05, 3.63) is 95.4 Å². The zero-order valence-electron chi connectivity index (χ0n) is 22.1. The van der Waals surface area contributed by atoms with Gasteiger partial charge >= 0.3 is 12.2 Å². The van der Waals surface area contributed by atoms with Gasteiger partial charge in [0.05, 0.1) is 11.3 Å². The number of rotatable bonds is 7. The monoisotopic (exact) mass is 567 g/mol. The highest BCUT2D eigenvalue weighted by Gasteiger charge is 2.31. The molecular formula is C28H25F4N7O2. The second-order valence-electron chi connectivity index (χ2n) is 8.85. The predicted octanol–water partition coefficient (Wildman–Crippen LogP) is 6.46. The van der Waals surface area contributed by atoms with Crippen LogP contribution in [-0.4, -0.2) is 36.0 Å². The number of benzene rings is 3. The smallest absolute Gasteiger partial charge is 0.355 e. The van der Waals surface area contributed by atoms with Crippen LogP contribution < -0.4 is 26.2 Å². The highest BCUT2D eigenvalue weighted by Crippen LogP contribution is 2.32. The van der Waals surface area contributed by atoms with E-state index in [1.807, 2.05) is 19.1 Å². The molecule has 0 aliphatic heterocycles. The van der Waals surface area contributed by atoms with Crippen LogP contribution in [0.2, 0.25) is 0 Å². The molecule has 0 atom stereocenters. The van der Waals surface area contributed by atoms with Crippen molar-refractivity contribution < 1.29 is 27.2 Å². The van der Waals surface area contributed by atoms with Crippen LogP contribution in [0, 0.1) is 12.7 Å². The van der Waals surface area contributed by atoms with Gasteiger partial charge in [0.2, 0.25) is 5.95 Å². The van der Waals surface area contributed by atoms with E-state index in [-0.39, 0.29) is 5.91 Å². The number of halogens is 4. The molecule has 1 aromatic heterocycles. The zero-order valence-corrected chi connectivity index (χ0v) is 22.1. The van der Waals surface area contributed by atoms with Gasteiger partial charge in [-0.2, -0.15) is 18.2 Å². The van der Waals surface area contributed by atoms with E-state index < -0.39 is 29.3 Å². The van der Waals surface area contributed by atoms with Gasteiger partial charge in [0.15, 0.2) is 0 Å². The standard InChI is InChI=1S/C28H25F4N7O2/c1-16-4-6-19(15-21(16)25(40)33-2)35-26-34-13-12-24(38-26)39(3)20-9-7-18(8-10-20)36-27(41)37-23-14-17(28(30,31)32)5-11-22(23)29/h4-15H,1-3H3,(H,33,40)(H,34,35,38)(H2,36,37,41). The summed E-state index contributed by atoms with van der Waals surface area (Å²) >= 11 is 0. The maximum atomic E-state index is 13.9. The van der Waals surface area contributed by atoms with Crippen LogP contribution in [0.5, 0.6) is 0 Å². The summed E-state index contributed by atoms with van der Waals surface area (Å²) < 4.78 is 52.7. The van der Waals surface area contributed by atoms with Crippen LogP contribution in [0.25, 0.3) is 0 Å². The fourth-order valence-corrected chi connectivity index (χ4v) is 3.79. The normalized spacial score (nSPS) is 11.0. The minimum atomic E-state index is -4.68. The molecule has 41 heavy (non-hydrogen) atoms. The number of anilines is 6. The number of hydrogen-bond donors (Lipinski definition) is 4. The molecule has 3 aromatic carbocycles. The van der Waals surface area contributed by atoms with E-state index in [2.05, 4.69) is 31.2 Å². The maximum Gasteiger partial charge on any atom is 0.416 e. The molecular weight excluding hydrogens is 542 g/mol. The first-order valence-electron chi connectivity index (χ1n) is 12.2. The van der Waals surface area contributed by atoms with E-state index >= 15 is 0 Å². The molecule has 0 aliphatic carbocycles.